The molecule has 0 spiro atoms. The normalized spacial score (nSPS) is 10.5. The van der Waals surface area contributed by atoms with E-state index in [0.717, 1.165) is 0 Å². The Balaban J connectivity index is 2.06. The molecule has 0 amide bonds. The molecule has 3 rings (SSSR count). The first kappa shape index (κ1) is 11.3. The van der Waals surface area contributed by atoms with Gasteiger partial charge in [-0.05, 0) is 24.3 Å². The third kappa shape index (κ3) is 2.01. The minimum absolute atomic E-state index is 0.122. The summed E-state index contributed by atoms with van der Waals surface area (Å²) in [6.45, 7) is 0. The minimum Gasteiger partial charge on any atom is -0.507 e. The lowest BCUT2D eigenvalue weighted by atomic mass is 10.2. The van der Waals surface area contributed by atoms with Crippen LogP contribution in [0.4, 0.5) is 0 Å². The number of aromatic hydroxyl groups is 2. The number of aromatic nitrogens is 3. The van der Waals surface area contributed by atoms with Crippen LogP contribution in [0.1, 0.15) is 0 Å². The van der Waals surface area contributed by atoms with Crippen LogP contribution in [0.25, 0.3) is 17.1 Å². The topological polar surface area (TPSA) is 71.2 Å². The number of hydrogen-bond donors (Lipinski definition) is 2. The predicted octanol–water partition coefficient (Wildman–Crippen LogP) is 2.35. The average Bonchev–Trinajstić information content (AvgIpc) is 2.89. The number of nitrogens with zero attached hydrogens (tertiary/aromatic N) is 3. The fourth-order valence-electron chi connectivity index (χ4n) is 1.82. The van der Waals surface area contributed by atoms with Crippen molar-refractivity contribution < 1.29 is 10.2 Å². The SMILES string of the molecule is Oc1ccccc1-c1ncn(-c2ccccc2O)n1. The van der Waals surface area contributed by atoms with Crippen LogP contribution in [0, 0.1) is 0 Å². The monoisotopic (exact) mass is 253 g/mol. The van der Waals surface area contributed by atoms with Gasteiger partial charge in [0, 0.05) is 0 Å². The van der Waals surface area contributed by atoms with Gasteiger partial charge in [0.15, 0.2) is 5.82 Å². The summed E-state index contributed by atoms with van der Waals surface area (Å²) in [6.07, 6.45) is 1.50. The molecule has 0 atom stereocenters. The molecule has 5 nitrogen and oxygen atoms in total. The fraction of sp³-hybridized carbons (Fsp3) is 0. The standard InChI is InChI=1S/C14H11N3O2/c18-12-7-3-1-5-10(12)14-15-9-17(16-14)11-6-2-4-8-13(11)19/h1-9,18-19H. The van der Waals surface area contributed by atoms with Crippen molar-refractivity contribution in [1.82, 2.24) is 14.8 Å². The number of para-hydroxylation sites is 3. The molecule has 2 aromatic carbocycles. The molecule has 0 aliphatic rings. The summed E-state index contributed by atoms with van der Waals surface area (Å²) in [5.41, 5.74) is 1.09. The lowest BCUT2D eigenvalue weighted by molar-refractivity contribution is 0.470. The molecule has 0 radical (unpaired) electrons. The highest BCUT2D eigenvalue weighted by atomic mass is 16.3. The Morgan fingerprint density at radius 1 is 0.842 bits per heavy atom. The van der Waals surface area contributed by atoms with E-state index < -0.39 is 0 Å². The number of phenolic OH excluding ortho intramolecular Hbond substituents is 2. The molecule has 94 valence electrons. The van der Waals surface area contributed by atoms with Gasteiger partial charge in [0.2, 0.25) is 0 Å². The molecule has 3 aromatic rings. The van der Waals surface area contributed by atoms with Gasteiger partial charge in [-0.25, -0.2) is 9.67 Å². The van der Waals surface area contributed by atoms with Crippen molar-refractivity contribution in [2.24, 2.45) is 0 Å². The van der Waals surface area contributed by atoms with Crippen molar-refractivity contribution in [2.75, 3.05) is 0 Å². The fourth-order valence-corrected chi connectivity index (χ4v) is 1.82. The lowest BCUT2D eigenvalue weighted by Crippen LogP contribution is -1.95. The Hall–Kier alpha value is -2.82. The minimum atomic E-state index is 0.122. The molecule has 2 N–H and O–H groups in total. The van der Waals surface area contributed by atoms with Crippen LogP contribution >= 0.6 is 0 Å². The molecule has 1 heterocycles. The summed E-state index contributed by atoms with van der Waals surface area (Å²) in [7, 11) is 0. The molecule has 0 aliphatic heterocycles. The zero-order chi connectivity index (χ0) is 13.2. The summed E-state index contributed by atoms with van der Waals surface area (Å²) in [6, 6.07) is 13.7. The highest BCUT2D eigenvalue weighted by Gasteiger charge is 2.10. The van der Waals surface area contributed by atoms with Crippen molar-refractivity contribution in [3.05, 3.63) is 54.9 Å². The summed E-state index contributed by atoms with van der Waals surface area (Å²) in [4.78, 5) is 4.15. The molecule has 0 bridgehead atoms. The molecule has 5 heteroatoms. The molecule has 1 aromatic heterocycles. The van der Waals surface area contributed by atoms with Gasteiger partial charge >= 0.3 is 0 Å². The first-order chi connectivity index (χ1) is 9.25. The molecule has 0 unspecified atom stereocenters. The third-order valence-electron chi connectivity index (χ3n) is 2.77. The molecular weight excluding hydrogens is 242 g/mol. The highest BCUT2D eigenvalue weighted by molar-refractivity contribution is 5.63. The lowest BCUT2D eigenvalue weighted by Gasteiger charge is -2.02. The van der Waals surface area contributed by atoms with Gasteiger partial charge in [0.25, 0.3) is 0 Å². The smallest absolute Gasteiger partial charge is 0.185 e. The van der Waals surface area contributed by atoms with Gasteiger partial charge in [0.05, 0.1) is 5.56 Å². The van der Waals surface area contributed by atoms with E-state index in [2.05, 4.69) is 10.1 Å². The Kier molecular flexibility index (Phi) is 2.64. The maximum Gasteiger partial charge on any atom is 0.185 e. The van der Waals surface area contributed by atoms with Crippen molar-refractivity contribution in [3.63, 3.8) is 0 Å². The van der Waals surface area contributed by atoms with E-state index in [-0.39, 0.29) is 11.5 Å². The van der Waals surface area contributed by atoms with Gasteiger partial charge in [-0.1, -0.05) is 24.3 Å². The summed E-state index contributed by atoms with van der Waals surface area (Å²) in [5, 5.41) is 23.8. The van der Waals surface area contributed by atoms with E-state index in [4.69, 9.17) is 0 Å². The van der Waals surface area contributed by atoms with Crippen molar-refractivity contribution in [1.29, 1.82) is 0 Å². The van der Waals surface area contributed by atoms with Crippen LogP contribution in [0.15, 0.2) is 54.9 Å². The van der Waals surface area contributed by atoms with Crippen LogP contribution < -0.4 is 0 Å². The van der Waals surface area contributed by atoms with Crippen LogP contribution in [-0.2, 0) is 0 Å². The van der Waals surface area contributed by atoms with E-state index in [1.54, 1.807) is 48.5 Å². The molecule has 0 saturated heterocycles. The number of benzene rings is 2. The van der Waals surface area contributed by atoms with Crippen LogP contribution in [-0.4, -0.2) is 25.0 Å². The molecular formula is C14H11N3O2. The highest BCUT2D eigenvalue weighted by Crippen LogP contribution is 2.26. The van der Waals surface area contributed by atoms with Gasteiger partial charge < -0.3 is 10.2 Å². The van der Waals surface area contributed by atoms with Gasteiger partial charge in [0.1, 0.15) is 23.5 Å². The first-order valence-corrected chi connectivity index (χ1v) is 5.74. The first-order valence-electron chi connectivity index (χ1n) is 5.74. The maximum atomic E-state index is 9.76. The summed E-state index contributed by atoms with van der Waals surface area (Å²) >= 11 is 0. The van der Waals surface area contributed by atoms with E-state index in [1.807, 2.05) is 0 Å². The molecule has 19 heavy (non-hydrogen) atoms. The van der Waals surface area contributed by atoms with Crippen LogP contribution in [0.2, 0.25) is 0 Å². The van der Waals surface area contributed by atoms with Crippen molar-refractivity contribution in [2.45, 2.75) is 0 Å². The number of rotatable bonds is 2. The van der Waals surface area contributed by atoms with Gasteiger partial charge in [-0.3, -0.25) is 0 Å². The second-order valence-corrected chi connectivity index (χ2v) is 4.02. The van der Waals surface area contributed by atoms with E-state index in [9.17, 15) is 10.2 Å². The maximum absolute atomic E-state index is 9.76. The van der Waals surface area contributed by atoms with Crippen molar-refractivity contribution in [3.8, 4) is 28.6 Å². The van der Waals surface area contributed by atoms with Gasteiger partial charge in [-0.2, -0.15) is 0 Å². The van der Waals surface area contributed by atoms with Crippen molar-refractivity contribution >= 4 is 0 Å². The second-order valence-electron chi connectivity index (χ2n) is 4.02. The second kappa shape index (κ2) is 4.45. The average molecular weight is 253 g/mol. The van der Waals surface area contributed by atoms with Gasteiger partial charge in [-0.15, -0.1) is 5.10 Å². The summed E-state index contributed by atoms with van der Waals surface area (Å²) < 4.78 is 1.47. The largest absolute Gasteiger partial charge is 0.507 e. The quantitative estimate of drug-likeness (QED) is 0.735. The summed E-state index contributed by atoms with van der Waals surface area (Å²) in [5.74, 6) is 0.648. The van der Waals surface area contributed by atoms with Crippen LogP contribution in [0.5, 0.6) is 11.5 Å². The molecule has 0 aliphatic carbocycles. The van der Waals surface area contributed by atoms with Crippen LogP contribution in [0.3, 0.4) is 0 Å². The Morgan fingerprint density at radius 3 is 2.26 bits per heavy atom. The predicted molar refractivity (Wildman–Crippen MR) is 70.1 cm³/mol. The van der Waals surface area contributed by atoms with E-state index in [0.29, 0.717) is 17.1 Å². The number of phenols is 2. The van der Waals surface area contributed by atoms with E-state index in [1.165, 1.54) is 11.0 Å². The molecule has 0 fully saturated rings. The zero-order valence-corrected chi connectivity index (χ0v) is 9.93. The number of hydrogen-bond acceptors (Lipinski definition) is 4. The Bertz CT molecular complexity index is 662. The molecule has 0 saturated carbocycles. The Labute approximate surface area is 109 Å². The zero-order valence-electron chi connectivity index (χ0n) is 9.93. The Morgan fingerprint density at radius 2 is 1.53 bits per heavy atom. The third-order valence-corrected chi connectivity index (χ3v) is 2.77. The van der Waals surface area contributed by atoms with E-state index >= 15 is 0 Å².